The van der Waals surface area contributed by atoms with Gasteiger partial charge in [0.1, 0.15) is 5.75 Å². The zero-order chi connectivity index (χ0) is 25.5. The minimum absolute atomic E-state index is 0.279. The molecule has 7 heteroatoms. The molecule has 2 aromatic carbocycles. The van der Waals surface area contributed by atoms with Crippen LogP contribution in [0.4, 0.5) is 5.69 Å². The van der Waals surface area contributed by atoms with Crippen LogP contribution in [0, 0.1) is 6.92 Å². The Hall–Kier alpha value is -3.16. The lowest BCUT2D eigenvalue weighted by molar-refractivity contribution is -0.136. The first-order valence-electron chi connectivity index (χ1n) is 12.4. The molecule has 1 aliphatic heterocycles. The van der Waals surface area contributed by atoms with Crippen molar-refractivity contribution in [1.82, 2.24) is 4.98 Å². The number of thiazole rings is 1. The van der Waals surface area contributed by atoms with E-state index >= 15 is 0 Å². The van der Waals surface area contributed by atoms with Gasteiger partial charge >= 0.3 is 5.97 Å². The van der Waals surface area contributed by atoms with Crippen LogP contribution in [0.15, 0.2) is 53.5 Å². The molecule has 0 aliphatic carbocycles. The monoisotopic (exact) mass is 506 g/mol. The van der Waals surface area contributed by atoms with Gasteiger partial charge in [0.25, 0.3) is 0 Å². The number of benzene rings is 2. The van der Waals surface area contributed by atoms with Crippen LogP contribution in [0.5, 0.6) is 5.75 Å². The van der Waals surface area contributed by atoms with Gasteiger partial charge in [-0.25, -0.2) is 9.78 Å². The number of nitrogens with zero attached hydrogens (tertiary/aromatic N) is 2. The molecule has 1 unspecified atom stereocenters. The van der Waals surface area contributed by atoms with Gasteiger partial charge in [-0.2, -0.15) is 0 Å². The molecule has 0 saturated carbocycles. The second-order valence-electron chi connectivity index (χ2n) is 8.90. The zero-order valence-corrected chi connectivity index (χ0v) is 22.3. The molecular formula is C29H34N2O4S. The maximum Gasteiger partial charge on any atom is 0.333 e. The fraction of sp³-hybridized carbons (Fsp3) is 0.379. The molecule has 1 aromatic heterocycles. The van der Waals surface area contributed by atoms with Crippen LogP contribution in [0.25, 0.3) is 17.2 Å². The van der Waals surface area contributed by atoms with Crippen LogP contribution in [-0.2, 0) is 20.8 Å². The number of carbonyl (C=O) groups is 1. The van der Waals surface area contributed by atoms with E-state index in [1.807, 2.05) is 37.6 Å². The van der Waals surface area contributed by atoms with Gasteiger partial charge in [-0.15, -0.1) is 11.3 Å². The summed E-state index contributed by atoms with van der Waals surface area (Å²) in [5.74, 6) is 0.496. The Balaban J connectivity index is 1.58. The minimum atomic E-state index is -0.287. The van der Waals surface area contributed by atoms with Crippen LogP contribution in [0.2, 0.25) is 0 Å². The average Bonchev–Trinajstić information content (AvgIpc) is 3.20. The van der Waals surface area contributed by atoms with Crippen molar-refractivity contribution < 1.29 is 19.0 Å². The van der Waals surface area contributed by atoms with E-state index in [4.69, 9.17) is 14.2 Å². The summed E-state index contributed by atoms with van der Waals surface area (Å²) >= 11 is 1.66. The van der Waals surface area contributed by atoms with E-state index in [0.29, 0.717) is 18.6 Å². The van der Waals surface area contributed by atoms with E-state index in [1.165, 1.54) is 12.0 Å². The first-order chi connectivity index (χ1) is 17.5. The molecule has 190 valence electrons. The third-order valence-electron chi connectivity index (χ3n) is 6.32. The van der Waals surface area contributed by atoms with Crippen molar-refractivity contribution in [1.29, 1.82) is 0 Å². The number of ether oxygens (including phenoxy) is 3. The van der Waals surface area contributed by atoms with Crippen molar-refractivity contribution in [2.24, 2.45) is 0 Å². The maximum absolute atomic E-state index is 12.4. The predicted octanol–water partition coefficient (Wildman–Crippen LogP) is 6.63. The second-order valence-corrected chi connectivity index (χ2v) is 9.84. The summed E-state index contributed by atoms with van der Waals surface area (Å²) in [6, 6.07) is 14.5. The Kier molecular flexibility index (Phi) is 8.78. The molecule has 0 bridgehead atoms. The molecule has 6 nitrogen and oxygen atoms in total. The van der Waals surface area contributed by atoms with Crippen molar-refractivity contribution in [3.05, 3.63) is 69.7 Å². The molecule has 0 spiro atoms. The van der Waals surface area contributed by atoms with E-state index in [0.717, 1.165) is 59.8 Å². The number of esters is 1. The number of anilines is 1. The van der Waals surface area contributed by atoms with Gasteiger partial charge in [-0.3, -0.25) is 0 Å². The number of hydrogen-bond acceptors (Lipinski definition) is 7. The fourth-order valence-corrected chi connectivity index (χ4v) is 5.02. The number of fused-ring (bicyclic) bond motifs is 1. The molecule has 0 radical (unpaired) electrons. The van der Waals surface area contributed by atoms with Crippen LogP contribution < -0.4 is 9.64 Å². The Morgan fingerprint density at radius 1 is 1.17 bits per heavy atom. The molecule has 1 atom stereocenters. The number of carbonyl (C=O) groups excluding carboxylic acids is 1. The summed E-state index contributed by atoms with van der Waals surface area (Å²) in [7, 11) is 1.43. The highest BCUT2D eigenvalue weighted by Gasteiger charge is 2.21. The summed E-state index contributed by atoms with van der Waals surface area (Å²) in [6.45, 7) is 8.29. The summed E-state index contributed by atoms with van der Waals surface area (Å²) in [4.78, 5) is 20.4. The number of hydrogen-bond donors (Lipinski definition) is 0. The van der Waals surface area contributed by atoms with Crippen molar-refractivity contribution in [3.8, 4) is 16.9 Å². The molecule has 0 amide bonds. The standard InChI is InChI=1S/C29H34N2O4S/c1-5-6-15-34-21(3)35-26-10-7-22(8-11-26)23-9-12-27-25(16-23)17-24(29(32)33-4)13-14-31(27)18-28-20(2)30-19-36-28/h7-12,16-17,19,21H,5-6,13-15,18H2,1-4H3. The van der Waals surface area contributed by atoms with Crippen LogP contribution in [0.3, 0.4) is 0 Å². The maximum atomic E-state index is 12.4. The molecule has 4 rings (SSSR count). The first kappa shape index (κ1) is 25.9. The zero-order valence-electron chi connectivity index (χ0n) is 21.5. The molecule has 0 N–H and O–H groups in total. The Morgan fingerprint density at radius 2 is 1.94 bits per heavy atom. The molecule has 0 saturated heterocycles. The quantitative estimate of drug-likeness (QED) is 0.175. The normalized spacial score (nSPS) is 14.0. The molecule has 1 aliphatic rings. The number of rotatable bonds is 10. The third-order valence-corrected chi connectivity index (χ3v) is 7.24. The summed E-state index contributed by atoms with van der Waals surface area (Å²) in [6.07, 6.45) is 4.43. The summed E-state index contributed by atoms with van der Waals surface area (Å²) in [5, 5.41) is 0. The number of unbranched alkanes of at least 4 members (excludes halogenated alkanes) is 1. The Bertz CT molecular complexity index is 1200. The van der Waals surface area contributed by atoms with Crippen molar-refractivity contribution >= 4 is 29.1 Å². The highest BCUT2D eigenvalue weighted by molar-refractivity contribution is 7.09. The largest absolute Gasteiger partial charge is 0.466 e. The molecule has 0 fully saturated rings. The average molecular weight is 507 g/mol. The van der Waals surface area contributed by atoms with E-state index in [9.17, 15) is 4.79 Å². The van der Waals surface area contributed by atoms with Crippen LogP contribution in [-0.4, -0.2) is 37.5 Å². The van der Waals surface area contributed by atoms with Gasteiger partial charge < -0.3 is 19.1 Å². The highest BCUT2D eigenvalue weighted by Crippen LogP contribution is 2.34. The van der Waals surface area contributed by atoms with Gasteiger partial charge in [-0.1, -0.05) is 31.5 Å². The van der Waals surface area contributed by atoms with Crippen molar-refractivity contribution in [3.63, 3.8) is 0 Å². The lowest BCUT2D eigenvalue weighted by Gasteiger charge is -2.25. The topological polar surface area (TPSA) is 60.9 Å². The van der Waals surface area contributed by atoms with Gasteiger partial charge in [0.05, 0.1) is 31.5 Å². The smallest absolute Gasteiger partial charge is 0.333 e. The second kappa shape index (κ2) is 12.2. The van der Waals surface area contributed by atoms with Gasteiger partial charge in [0.15, 0.2) is 6.29 Å². The summed E-state index contributed by atoms with van der Waals surface area (Å²) < 4.78 is 16.6. The van der Waals surface area contributed by atoms with Crippen molar-refractivity contribution in [2.45, 2.75) is 52.9 Å². The van der Waals surface area contributed by atoms with E-state index < -0.39 is 0 Å². The van der Waals surface area contributed by atoms with Gasteiger partial charge in [-0.05, 0) is 73.7 Å². The van der Waals surface area contributed by atoms with E-state index in [1.54, 1.807) is 11.3 Å². The van der Waals surface area contributed by atoms with E-state index in [-0.39, 0.29) is 12.3 Å². The summed E-state index contributed by atoms with van der Waals surface area (Å²) in [5.41, 5.74) is 7.87. The molecule has 2 heterocycles. The molecule has 3 aromatic rings. The lowest BCUT2D eigenvalue weighted by atomic mass is 10.00. The van der Waals surface area contributed by atoms with Crippen molar-refractivity contribution in [2.75, 3.05) is 25.2 Å². The third kappa shape index (κ3) is 6.33. The number of methoxy groups -OCH3 is 1. The molecule has 36 heavy (non-hydrogen) atoms. The minimum Gasteiger partial charge on any atom is -0.466 e. The SMILES string of the molecule is CCCCOC(C)Oc1ccc(-c2ccc3c(c2)C=C(C(=O)OC)CCN3Cc2scnc2C)cc1. The van der Waals surface area contributed by atoms with Crippen LogP contribution >= 0.6 is 11.3 Å². The number of aromatic nitrogens is 1. The van der Waals surface area contributed by atoms with E-state index in [2.05, 4.69) is 47.1 Å². The predicted molar refractivity (Wildman–Crippen MR) is 145 cm³/mol. The van der Waals surface area contributed by atoms with Gasteiger partial charge in [0, 0.05) is 22.7 Å². The lowest BCUT2D eigenvalue weighted by Crippen LogP contribution is -2.24. The van der Waals surface area contributed by atoms with Crippen LogP contribution in [0.1, 0.15) is 49.2 Å². The molecular weight excluding hydrogens is 472 g/mol. The highest BCUT2D eigenvalue weighted by atomic mass is 32.1. The van der Waals surface area contributed by atoms with Gasteiger partial charge in [0.2, 0.25) is 0 Å². The Labute approximate surface area is 217 Å². The fourth-order valence-electron chi connectivity index (χ4n) is 4.23. The number of aryl methyl sites for hydroxylation is 1. The Morgan fingerprint density at radius 3 is 2.64 bits per heavy atom. The first-order valence-corrected chi connectivity index (χ1v) is 13.3.